The van der Waals surface area contributed by atoms with Crippen molar-refractivity contribution in [3.8, 4) is 0 Å². The monoisotopic (exact) mass is 714 g/mol. The number of carbonyl (C=O) groups is 3. The van der Waals surface area contributed by atoms with Crippen LogP contribution in [0.25, 0.3) is 0 Å². The standard InChI is InChI=1S/C41H54N4O7/c1-41(2,3)52-39(49)35-13-10-24-45(35)26-32-25-36(29-18-16-28(27-46)17-19-29)51-40(50-32)30-20-22-31(23-21-30)43-37(47)14-6-4-5-7-15-38(48)44-34-12-9-8-11-33(34)42/h8-9,11-12,16-23,32,35-36,40,46H,4-7,10,13-15,24-27,42H2,1-3H3,(H,43,47)(H,44,48). The molecule has 2 aliphatic rings. The number of nitrogens with zero attached hydrogens (tertiary/aromatic N) is 1. The van der Waals surface area contributed by atoms with E-state index >= 15 is 0 Å². The molecule has 280 valence electrons. The number of unbranched alkanes of at least 4 members (excludes halogenated alkanes) is 3. The molecule has 2 amide bonds. The zero-order valence-electron chi connectivity index (χ0n) is 30.6. The lowest BCUT2D eigenvalue weighted by Crippen LogP contribution is -2.45. The Kier molecular flexibility index (Phi) is 13.8. The number of amides is 2. The van der Waals surface area contributed by atoms with E-state index in [0.29, 0.717) is 42.9 Å². The average Bonchev–Trinajstić information content (AvgIpc) is 3.58. The molecule has 3 aromatic carbocycles. The summed E-state index contributed by atoms with van der Waals surface area (Å²) >= 11 is 0. The number of aliphatic hydroxyl groups is 1. The molecule has 4 atom stereocenters. The van der Waals surface area contributed by atoms with Crippen LogP contribution in [0.2, 0.25) is 0 Å². The van der Waals surface area contributed by atoms with E-state index in [-0.39, 0.29) is 42.6 Å². The first-order valence-corrected chi connectivity index (χ1v) is 18.5. The minimum absolute atomic E-state index is 0.0315. The molecule has 0 spiro atoms. The first-order chi connectivity index (χ1) is 25.0. The first-order valence-electron chi connectivity index (χ1n) is 18.5. The van der Waals surface area contributed by atoms with E-state index in [1.165, 1.54) is 0 Å². The second-order valence-electron chi connectivity index (χ2n) is 14.8. The maximum Gasteiger partial charge on any atom is 0.323 e. The third kappa shape index (κ3) is 11.6. The lowest BCUT2D eigenvalue weighted by atomic mass is 9.99. The van der Waals surface area contributed by atoms with Gasteiger partial charge in [-0.05, 0) is 88.4 Å². The number of hydrogen-bond acceptors (Lipinski definition) is 9. The molecule has 52 heavy (non-hydrogen) atoms. The number of carbonyl (C=O) groups excluding carboxylic acids is 3. The third-order valence-corrected chi connectivity index (χ3v) is 9.35. The van der Waals surface area contributed by atoms with Crippen molar-refractivity contribution in [3.05, 3.63) is 89.5 Å². The van der Waals surface area contributed by atoms with Crippen molar-refractivity contribution in [2.24, 2.45) is 0 Å². The summed E-state index contributed by atoms with van der Waals surface area (Å²) in [6, 6.07) is 22.2. The Balaban J connectivity index is 1.12. The Hall–Kier alpha value is -4.29. The third-order valence-electron chi connectivity index (χ3n) is 9.35. The van der Waals surface area contributed by atoms with Crippen molar-refractivity contribution in [1.82, 2.24) is 4.90 Å². The van der Waals surface area contributed by atoms with Gasteiger partial charge in [0, 0.05) is 37.1 Å². The van der Waals surface area contributed by atoms with Gasteiger partial charge in [0.25, 0.3) is 0 Å². The molecule has 2 heterocycles. The molecule has 2 fully saturated rings. The number of nitrogens with one attached hydrogen (secondary N) is 2. The average molecular weight is 715 g/mol. The summed E-state index contributed by atoms with van der Waals surface area (Å²) in [5.41, 5.74) is 9.84. The number of rotatable bonds is 15. The number of para-hydroxylation sites is 2. The fourth-order valence-electron chi connectivity index (χ4n) is 6.67. The minimum Gasteiger partial charge on any atom is -0.459 e. The van der Waals surface area contributed by atoms with Gasteiger partial charge in [-0.1, -0.05) is 61.4 Å². The van der Waals surface area contributed by atoms with Crippen LogP contribution in [0.3, 0.4) is 0 Å². The largest absolute Gasteiger partial charge is 0.459 e. The molecule has 0 saturated carbocycles. The SMILES string of the molecule is CC(C)(C)OC(=O)C1CCCN1CC1CC(c2ccc(CO)cc2)OC(c2ccc(NC(=O)CCCCCCC(=O)Nc3ccccc3N)cc2)O1. The zero-order chi connectivity index (χ0) is 37.1. The van der Waals surface area contributed by atoms with E-state index in [0.717, 1.165) is 61.8 Å². The number of benzene rings is 3. The molecular weight excluding hydrogens is 660 g/mol. The lowest BCUT2D eigenvalue weighted by Gasteiger charge is -2.38. The van der Waals surface area contributed by atoms with Gasteiger partial charge in [-0.2, -0.15) is 0 Å². The number of ether oxygens (including phenoxy) is 3. The molecule has 0 radical (unpaired) electrons. The summed E-state index contributed by atoms with van der Waals surface area (Å²) in [5, 5.41) is 15.4. The van der Waals surface area contributed by atoms with Crippen molar-refractivity contribution in [2.45, 2.75) is 115 Å². The lowest BCUT2D eigenvalue weighted by molar-refractivity contribution is -0.253. The van der Waals surface area contributed by atoms with Gasteiger partial charge in [0.15, 0.2) is 6.29 Å². The smallest absolute Gasteiger partial charge is 0.323 e. The highest BCUT2D eigenvalue weighted by molar-refractivity contribution is 5.93. The van der Waals surface area contributed by atoms with Crippen LogP contribution in [0, 0.1) is 0 Å². The second-order valence-corrected chi connectivity index (χ2v) is 14.8. The van der Waals surface area contributed by atoms with Crippen LogP contribution in [0.5, 0.6) is 0 Å². The maximum absolute atomic E-state index is 13.0. The second kappa shape index (κ2) is 18.5. The van der Waals surface area contributed by atoms with E-state index in [9.17, 15) is 19.5 Å². The topological polar surface area (TPSA) is 152 Å². The molecule has 2 aliphatic heterocycles. The summed E-state index contributed by atoms with van der Waals surface area (Å²) in [4.78, 5) is 40.1. The number of esters is 1. The van der Waals surface area contributed by atoms with E-state index in [1.807, 2.05) is 81.4 Å². The minimum atomic E-state index is -0.652. The van der Waals surface area contributed by atoms with Crippen LogP contribution in [0.4, 0.5) is 17.1 Å². The van der Waals surface area contributed by atoms with Gasteiger partial charge in [-0.15, -0.1) is 0 Å². The summed E-state index contributed by atoms with van der Waals surface area (Å²) in [7, 11) is 0. The highest BCUT2D eigenvalue weighted by Crippen LogP contribution is 2.39. The van der Waals surface area contributed by atoms with Crippen molar-refractivity contribution >= 4 is 34.8 Å². The first kappa shape index (κ1) is 38.9. The number of hydrogen-bond donors (Lipinski definition) is 4. The predicted molar refractivity (Wildman–Crippen MR) is 201 cm³/mol. The number of nitrogens with two attached hydrogens (primary N) is 1. The molecule has 11 nitrogen and oxygen atoms in total. The Morgan fingerprint density at radius 1 is 0.865 bits per heavy atom. The van der Waals surface area contributed by atoms with Crippen LogP contribution in [-0.2, 0) is 35.2 Å². The molecule has 5 N–H and O–H groups in total. The van der Waals surface area contributed by atoms with Crippen LogP contribution in [-0.4, -0.2) is 58.6 Å². The summed E-state index contributed by atoms with van der Waals surface area (Å²) in [6.45, 7) is 6.99. The Bertz CT molecular complexity index is 1620. The molecular formula is C41H54N4O7. The molecule has 3 aromatic rings. The summed E-state index contributed by atoms with van der Waals surface area (Å²) < 4.78 is 18.8. The molecule has 4 unspecified atom stereocenters. The van der Waals surface area contributed by atoms with Crippen LogP contribution in [0.15, 0.2) is 72.8 Å². The summed E-state index contributed by atoms with van der Waals surface area (Å²) in [6.07, 6.45) is 5.14. The van der Waals surface area contributed by atoms with Crippen LogP contribution < -0.4 is 16.4 Å². The van der Waals surface area contributed by atoms with Gasteiger partial charge >= 0.3 is 5.97 Å². The van der Waals surface area contributed by atoms with Gasteiger partial charge in [-0.3, -0.25) is 19.3 Å². The van der Waals surface area contributed by atoms with Crippen molar-refractivity contribution in [2.75, 3.05) is 29.5 Å². The zero-order valence-corrected chi connectivity index (χ0v) is 30.6. The molecule has 0 aliphatic carbocycles. The predicted octanol–water partition coefficient (Wildman–Crippen LogP) is 7.03. The van der Waals surface area contributed by atoms with Gasteiger partial charge in [0.2, 0.25) is 11.8 Å². The number of nitrogen functional groups attached to an aromatic ring is 1. The van der Waals surface area contributed by atoms with Crippen LogP contribution in [0.1, 0.15) is 108 Å². The molecule has 2 saturated heterocycles. The highest BCUT2D eigenvalue weighted by atomic mass is 16.7. The molecule has 0 aromatic heterocycles. The van der Waals surface area contributed by atoms with Gasteiger partial charge in [0.05, 0.1) is 30.2 Å². The number of anilines is 3. The van der Waals surface area contributed by atoms with E-state index in [1.54, 1.807) is 12.1 Å². The fourth-order valence-corrected chi connectivity index (χ4v) is 6.67. The highest BCUT2D eigenvalue weighted by Gasteiger charge is 2.39. The van der Waals surface area contributed by atoms with E-state index in [2.05, 4.69) is 15.5 Å². The molecule has 0 bridgehead atoms. The molecule has 5 rings (SSSR count). The van der Waals surface area contributed by atoms with Gasteiger partial charge < -0.3 is 35.7 Å². The molecule has 11 heteroatoms. The number of likely N-dealkylation sites (tertiary alicyclic amines) is 1. The Morgan fingerprint density at radius 3 is 2.17 bits per heavy atom. The summed E-state index contributed by atoms with van der Waals surface area (Å²) in [5.74, 6) is -0.326. The van der Waals surface area contributed by atoms with E-state index in [4.69, 9.17) is 19.9 Å². The number of aliphatic hydroxyl groups excluding tert-OH is 1. The van der Waals surface area contributed by atoms with E-state index < -0.39 is 11.9 Å². The fraction of sp³-hybridized carbons (Fsp3) is 0.488. The normalized spacial score (nSPS) is 20.7. The maximum atomic E-state index is 13.0. The van der Waals surface area contributed by atoms with Crippen molar-refractivity contribution < 1.29 is 33.7 Å². The van der Waals surface area contributed by atoms with Gasteiger partial charge in [-0.25, -0.2) is 0 Å². The Labute approximate surface area is 307 Å². The van der Waals surface area contributed by atoms with Crippen LogP contribution >= 0.6 is 0 Å². The van der Waals surface area contributed by atoms with Gasteiger partial charge in [0.1, 0.15) is 11.6 Å². The quantitative estimate of drug-likeness (QED) is 0.0739. The Morgan fingerprint density at radius 2 is 1.52 bits per heavy atom. The van der Waals surface area contributed by atoms with Crippen molar-refractivity contribution in [3.63, 3.8) is 0 Å². The van der Waals surface area contributed by atoms with Crippen molar-refractivity contribution in [1.29, 1.82) is 0 Å².